The fraction of sp³-hybridized carbons (Fsp3) is 0.611. The zero-order valence-corrected chi connectivity index (χ0v) is 17.0. The van der Waals surface area contributed by atoms with Gasteiger partial charge in [0.1, 0.15) is 11.3 Å². The van der Waals surface area contributed by atoms with Crippen molar-refractivity contribution in [1.82, 2.24) is 5.32 Å². The van der Waals surface area contributed by atoms with E-state index in [4.69, 9.17) is 14.9 Å². The molecule has 0 aliphatic heterocycles. The lowest BCUT2D eigenvalue weighted by molar-refractivity contribution is -0.125. The van der Waals surface area contributed by atoms with Crippen molar-refractivity contribution < 1.29 is 14.0 Å². The number of amides is 1. The van der Waals surface area contributed by atoms with Gasteiger partial charge in [-0.3, -0.25) is 10.1 Å². The number of nitrogens with two attached hydrogens (primary N) is 1. The molecule has 0 saturated carbocycles. The van der Waals surface area contributed by atoms with Crippen LogP contribution in [0.5, 0.6) is 5.75 Å². The van der Waals surface area contributed by atoms with Gasteiger partial charge in [0, 0.05) is 6.54 Å². The van der Waals surface area contributed by atoms with Crippen LogP contribution >= 0.6 is 0 Å². The zero-order valence-electron chi connectivity index (χ0n) is 16.0. The number of rotatable bonds is 8. The van der Waals surface area contributed by atoms with Crippen molar-refractivity contribution in [1.29, 1.82) is 0 Å². The molecule has 0 spiro atoms. The molecule has 0 fully saturated rings. The smallest absolute Gasteiger partial charge is 0.239 e. The summed E-state index contributed by atoms with van der Waals surface area (Å²) in [6.45, 7) is 13.4. The number of primary amides is 1. The number of benzene rings is 1. The Kier molecular flexibility index (Phi) is 6.61. The number of hydrogen-bond donors (Lipinski definition) is 2. The molecular formula is C18H32N2O3Si. The SMILES string of the molecule is COc1ccc(CNC(C)(CO[Si](C)(C)C(C)(C)C)C(N)=O)cc1. The Bertz CT molecular complexity index is 552. The minimum absolute atomic E-state index is 0.0849. The van der Waals surface area contributed by atoms with Gasteiger partial charge >= 0.3 is 0 Å². The van der Waals surface area contributed by atoms with E-state index < -0.39 is 19.8 Å². The maximum Gasteiger partial charge on any atom is 0.239 e. The summed E-state index contributed by atoms with van der Waals surface area (Å²) in [4.78, 5) is 12.0. The number of carbonyl (C=O) groups is 1. The predicted octanol–water partition coefficient (Wildman–Crippen LogP) is 3.05. The van der Waals surface area contributed by atoms with Crippen molar-refractivity contribution in [3.8, 4) is 5.75 Å². The molecule has 1 aromatic rings. The first kappa shape index (κ1) is 20.7. The molecule has 136 valence electrons. The molecule has 0 aliphatic rings. The lowest BCUT2D eigenvalue weighted by Gasteiger charge is -2.39. The van der Waals surface area contributed by atoms with E-state index in [9.17, 15) is 4.79 Å². The third kappa shape index (κ3) is 5.33. The Hall–Kier alpha value is -1.37. The fourth-order valence-electron chi connectivity index (χ4n) is 1.79. The maximum atomic E-state index is 12.0. The lowest BCUT2D eigenvalue weighted by Crippen LogP contribution is -2.58. The quantitative estimate of drug-likeness (QED) is 0.705. The molecular weight excluding hydrogens is 320 g/mol. The van der Waals surface area contributed by atoms with Gasteiger partial charge in [0.05, 0.1) is 13.7 Å². The highest BCUT2D eigenvalue weighted by Gasteiger charge is 2.40. The van der Waals surface area contributed by atoms with Crippen LogP contribution in [-0.2, 0) is 15.8 Å². The molecule has 0 heterocycles. The molecule has 0 bridgehead atoms. The predicted molar refractivity (Wildman–Crippen MR) is 101 cm³/mol. The summed E-state index contributed by atoms with van der Waals surface area (Å²) in [5.74, 6) is 0.396. The standard InChI is InChI=1S/C18H32N2O3Si/c1-17(2,3)24(6,7)23-13-18(4,16(19)21)20-12-14-8-10-15(22-5)11-9-14/h8-11,20H,12-13H2,1-7H3,(H2,19,21). The summed E-state index contributed by atoms with van der Waals surface area (Å²) in [6.07, 6.45) is 0. The number of nitrogens with one attached hydrogen (secondary N) is 1. The summed E-state index contributed by atoms with van der Waals surface area (Å²) in [6, 6.07) is 7.71. The number of carbonyl (C=O) groups excluding carboxylic acids is 1. The van der Waals surface area contributed by atoms with E-state index in [1.807, 2.05) is 24.3 Å². The Morgan fingerprint density at radius 1 is 1.17 bits per heavy atom. The Balaban J connectivity index is 2.75. The third-order valence-electron chi connectivity index (χ3n) is 4.91. The summed E-state index contributed by atoms with van der Waals surface area (Å²) in [5, 5.41) is 3.34. The van der Waals surface area contributed by atoms with Crippen molar-refractivity contribution in [2.45, 2.75) is 57.9 Å². The second-order valence-corrected chi connectivity index (χ2v) is 12.8. The minimum Gasteiger partial charge on any atom is -0.497 e. The maximum absolute atomic E-state index is 12.0. The summed E-state index contributed by atoms with van der Waals surface area (Å²) in [5.41, 5.74) is 5.78. The molecule has 24 heavy (non-hydrogen) atoms. The van der Waals surface area contributed by atoms with Crippen LogP contribution in [0, 0.1) is 0 Å². The molecule has 0 aliphatic carbocycles. The van der Waals surface area contributed by atoms with E-state index in [0.29, 0.717) is 6.54 Å². The van der Waals surface area contributed by atoms with Gasteiger partial charge in [0.2, 0.25) is 5.91 Å². The first-order chi connectivity index (χ1) is 10.9. The van der Waals surface area contributed by atoms with Crippen molar-refractivity contribution in [3.05, 3.63) is 29.8 Å². The number of methoxy groups -OCH3 is 1. The minimum atomic E-state index is -1.95. The van der Waals surface area contributed by atoms with Gasteiger partial charge in [-0.25, -0.2) is 0 Å². The van der Waals surface area contributed by atoms with Crippen LogP contribution in [0.3, 0.4) is 0 Å². The van der Waals surface area contributed by atoms with Crippen LogP contribution in [-0.4, -0.2) is 33.5 Å². The Labute approximate surface area is 147 Å². The lowest BCUT2D eigenvalue weighted by atomic mass is 10.0. The van der Waals surface area contributed by atoms with Gasteiger partial charge in [0.25, 0.3) is 0 Å². The van der Waals surface area contributed by atoms with Gasteiger partial charge in [-0.2, -0.15) is 0 Å². The Morgan fingerprint density at radius 3 is 2.12 bits per heavy atom. The van der Waals surface area contributed by atoms with Gasteiger partial charge in [0.15, 0.2) is 8.32 Å². The zero-order chi connectivity index (χ0) is 18.6. The van der Waals surface area contributed by atoms with E-state index in [2.05, 4.69) is 39.2 Å². The second-order valence-electron chi connectivity index (χ2n) is 7.95. The van der Waals surface area contributed by atoms with Gasteiger partial charge in [-0.05, 0) is 42.8 Å². The van der Waals surface area contributed by atoms with Crippen molar-refractivity contribution in [2.75, 3.05) is 13.7 Å². The largest absolute Gasteiger partial charge is 0.497 e. The van der Waals surface area contributed by atoms with Gasteiger partial charge < -0.3 is 14.9 Å². The summed E-state index contributed by atoms with van der Waals surface area (Å²) >= 11 is 0. The molecule has 0 radical (unpaired) electrons. The molecule has 3 N–H and O–H groups in total. The van der Waals surface area contributed by atoms with Gasteiger partial charge in [-0.15, -0.1) is 0 Å². The average Bonchev–Trinajstić information content (AvgIpc) is 2.50. The van der Waals surface area contributed by atoms with Crippen LogP contribution in [0.2, 0.25) is 18.1 Å². The number of ether oxygens (including phenoxy) is 1. The van der Waals surface area contributed by atoms with Crippen LogP contribution in [0.1, 0.15) is 33.3 Å². The third-order valence-corrected chi connectivity index (χ3v) is 9.39. The molecule has 1 aromatic carbocycles. The molecule has 0 aromatic heterocycles. The topological polar surface area (TPSA) is 73.6 Å². The first-order valence-electron chi connectivity index (χ1n) is 8.23. The molecule has 6 heteroatoms. The highest BCUT2D eigenvalue weighted by molar-refractivity contribution is 6.74. The molecule has 1 rings (SSSR count). The van der Waals surface area contributed by atoms with E-state index in [1.165, 1.54) is 0 Å². The van der Waals surface area contributed by atoms with Crippen molar-refractivity contribution >= 4 is 14.2 Å². The van der Waals surface area contributed by atoms with E-state index >= 15 is 0 Å². The monoisotopic (exact) mass is 352 g/mol. The van der Waals surface area contributed by atoms with Crippen molar-refractivity contribution in [3.63, 3.8) is 0 Å². The summed E-state index contributed by atoms with van der Waals surface area (Å²) in [7, 11) is -0.311. The van der Waals surface area contributed by atoms with Crippen LogP contribution in [0.15, 0.2) is 24.3 Å². The fourth-order valence-corrected chi connectivity index (χ4v) is 2.87. The Morgan fingerprint density at radius 2 is 1.71 bits per heavy atom. The first-order valence-corrected chi connectivity index (χ1v) is 11.1. The van der Waals surface area contributed by atoms with Crippen LogP contribution in [0.25, 0.3) is 0 Å². The average molecular weight is 353 g/mol. The van der Waals surface area contributed by atoms with E-state index in [1.54, 1.807) is 14.0 Å². The highest BCUT2D eigenvalue weighted by atomic mass is 28.4. The second kappa shape index (κ2) is 7.67. The molecule has 1 amide bonds. The highest BCUT2D eigenvalue weighted by Crippen LogP contribution is 2.37. The molecule has 1 unspecified atom stereocenters. The summed E-state index contributed by atoms with van der Waals surface area (Å²) < 4.78 is 11.4. The van der Waals surface area contributed by atoms with Crippen LogP contribution < -0.4 is 15.8 Å². The van der Waals surface area contributed by atoms with Crippen molar-refractivity contribution in [2.24, 2.45) is 5.73 Å². The van der Waals surface area contributed by atoms with Gasteiger partial charge in [-0.1, -0.05) is 32.9 Å². The van der Waals surface area contributed by atoms with Crippen LogP contribution in [0.4, 0.5) is 0 Å². The normalized spacial score (nSPS) is 15.0. The number of hydrogen-bond acceptors (Lipinski definition) is 4. The molecule has 5 nitrogen and oxygen atoms in total. The molecule has 1 atom stereocenters. The van der Waals surface area contributed by atoms with E-state index in [-0.39, 0.29) is 11.6 Å². The van der Waals surface area contributed by atoms with E-state index in [0.717, 1.165) is 11.3 Å². The molecule has 0 saturated heterocycles.